The molecule has 0 aromatic heterocycles. The van der Waals surface area contributed by atoms with Crippen molar-refractivity contribution in [1.82, 2.24) is 0 Å². The molecule has 0 bridgehead atoms. The van der Waals surface area contributed by atoms with Gasteiger partial charge in [0.05, 0.1) is 0 Å². The van der Waals surface area contributed by atoms with Gasteiger partial charge in [0.15, 0.2) is 0 Å². The summed E-state index contributed by atoms with van der Waals surface area (Å²) in [5, 5.41) is 0. The fourth-order valence-electron chi connectivity index (χ4n) is 4.30. The van der Waals surface area contributed by atoms with E-state index in [0.29, 0.717) is 0 Å². The van der Waals surface area contributed by atoms with Crippen molar-refractivity contribution in [3.05, 3.63) is 48.3 Å². The minimum Gasteiger partial charge on any atom is -0.0622 e. The molecule has 180 valence electrons. The molecule has 0 nitrogen and oxygen atoms in total. The van der Waals surface area contributed by atoms with Crippen LogP contribution >= 0.6 is 17.2 Å². The van der Waals surface area contributed by atoms with Gasteiger partial charge in [0.2, 0.25) is 0 Å². The van der Waals surface area contributed by atoms with Gasteiger partial charge in [-0.1, -0.05) is 62.4 Å². The van der Waals surface area contributed by atoms with Gasteiger partial charge in [-0.15, -0.1) is 0 Å². The zero-order chi connectivity index (χ0) is 22.7. The van der Waals surface area contributed by atoms with Crippen molar-refractivity contribution in [3.8, 4) is 0 Å². The van der Waals surface area contributed by atoms with Crippen LogP contribution in [0.4, 0.5) is 0 Å². The van der Waals surface area contributed by atoms with Crippen LogP contribution in [0.3, 0.4) is 0 Å². The maximum atomic E-state index is 6.68. The van der Waals surface area contributed by atoms with Gasteiger partial charge >= 0.3 is 120 Å². The number of halogens is 1. The van der Waals surface area contributed by atoms with Crippen molar-refractivity contribution in [2.45, 2.75) is 116 Å². The molecule has 0 N–H and O–H groups in total. The molecule has 31 heavy (non-hydrogen) atoms. The number of rotatable bonds is 21. The summed E-state index contributed by atoms with van der Waals surface area (Å²) in [6, 6.07) is 10.9. The van der Waals surface area contributed by atoms with Crippen molar-refractivity contribution < 1.29 is 0 Å². The van der Waals surface area contributed by atoms with Crippen LogP contribution in [0.25, 0.3) is 0 Å². The van der Waals surface area contributed by atoms with Gasteiger partial charge in [0.25, 0.3) is 0 Å². The number of hydrogen-bond acceptors (Lipinski definition) is 0. The van der Waals surface area contributed by atoms with Crippen LogP contribution in [0.2, 0.25) is 0 Å². The molecule has 1 aromatic rings. The third-order valence-corrected chi connectivity index (χ3v) is 10.4. The quantitative estimate of drug-likeness (QED) is 0.125. The zero-order valence-corrected chi connectivity index (χ0v) is 22.6. The summed E-state index contributed by atoms with van der Waals surface area (Å²) < 4.78 is 0. The van der Waals surface area contributed by atoms with Gasteiger partial charge in [0.1, 0.15) is 0 Å². The second kappa shape index (κ2) is 17.2. The Bertz CT molecular complexity index is 543. The Balaban J connectivity index is 1.73. The molecule has 0 aliphatic heterocycles. The van der Waals surface area contributed by atoms with E-state index in [1.165, 1.54) is 121 Å². The number of unbranched alkanes of at least 4 members (excludes halogenated alkanes) is 16. The Kier molecular flexibility index (Phi) is 15.9. The minimum absolute atomic E-state index is 1.16. The predicted octanol–water partition coefficient (Wildman–Crippen LogP) is 11.0. The summed E-state index contributed by atoms with van der Waals surface area (Å²) in [6.45, 7) is 8.37. The molecule has 0 spiro atoms. The Labute approximate surface area is 200 Å². The van der Waals surface area contributed by atoms with Gasteiger partial charge in [-0.3, -0.25) is 0 Å². The zero-order valence-electron chi connectivity index (χ0n) is 20.9. The Morgan fingerprint density at radius 2 is 0.968 bits per heavy atom. The Morgan fingerprint density at radius 3 is 1.35 bits per heavy atom. The SMILES string of the molecule is C=CP(C)(C)(Cl)CCCCCCCCCCCCCCCCCCCc1ccccc1. The molecule has 1 rings (SSSR count). The summed E-state index contributed by atoms with van der Waals surface area (Å²) in [7, 11) is 0. The van der Waals surface area contributed by atoms with Crippen molar-refractivity contribution in [2.24, 2.45) is 0 Å². The standard InChI is InChI=1S/C29H52ClP/c1-4-31(2,3,30)28-24-19-17-15-13-11-9-7-5-6-8-10-12-14-16-18-21-25-29-26-22-20-23-27-29/h4,20,22-23,26-27H,1,5-19,21,24-25,28H2,2-3H3. The topological polar surface area (TPSA) is 0 Å². The average molecular weight is 467 g/mol. The molecular formula is C29H52ClP. The van der Waals surface area contributed by atoms with Crippen LogP contribution in [0.1, 0.15) is 115 Å². The van der Waals surface area contributed by atoms with E-state index in [1.807, 2.05) is 5.82 Å². The van der Waals surface area contributed by atoms with Gasteiger partial charge in [-0.05, 0) is 18.4 Å². The van der Waals surface area contributed by atoms with Crippen LogP contribution in [0, 0.1) is 0 Å². The average Bonchev–Trinajstić information content (AvgIpc) is 2.76. The van der Waals surface area contributed by atoms with Gasteiger partial charge in [0, 0.05) is 0 Å². The molecule has 0 atom stereocenters. The predicted molar refractivity (Wildman–Crippen MR) is 148 cm³/mol. The molecule has 1 aromatic carbocycles. The first kappa shape index (κ1) is 28.7. The van der Waals surface area contributed by atoms with Gasteiger partial charge < -0.3 is 0 Å². The molecule has 0 fully saturated rings. The molecule has 2 heteroatoms. The first-order valence-electron chi connectivity index (χ1n) is 13.3. The van der Waals surface area contributed by atoms with Gasteiger partial charge in [-0.25, -0.2) is 0 Å². The minimum atomic E-state index is -2.03. The van der Waals surface area contributed by atoms with Crippen LogP contribution in [0.15, 0.2) is 42.7 Å². The first-order valence-corrected chi connectivity index (χ1v) is 17.6. The fourth-order valence-corrected chi connectivity index (χ4v) is 6.00. The van der Waals surface area contributed by atoms with E-state index >= 15 is 0 Å². The maximum absolute atomic E-state index is 6.68. The van der Waals surface area contributed by atoms with E-state index in [-0.39, 0.29) is 0 Å². The molecule has 0 radical (unpaired) electrons. The second-order valence-electron chi connectivity index (χ2n) is 10.5. The van der Waals surface area contributed by atoms with Crippen molar-refractivity contribution in [2.75, 3.05) is 19.5 Å². The third kappa shape index (κ3) is 17.9. The molecule has 0 saturated heterocycles. The Morgan fingerprint density at radius 1 is 0.613 bits per heavy atom. The summed E-state index contributed by atoms with van der Waals surface area (Å²) >= 11 is 6.68. The summed E-state index contributed by atoms with van der Waals surface area (Å²) in [5.74, 6) is 0.00316. The molecule has 0 aliphatic carbocycles. The van der Waals surface area contributed by atoms with Crippen LogP contribution in [-0.2, 0) is 6.42 Å². The van der Waals surface area contributed by atoms with E-state index in [4.69, 9.17) is 11.2 Å². The van der Waals surface area contributed by atoms with Crippen molar-refractivity contribution in [3.63, 3.8) is 0 Å². The van der Waals surface area contributed by atoms with E-state index in [0.717, 1.165) is 6.16 Å². The summed E-state index contributed by atoms with van der Waals surface area (Å²) in [5.41, 5.74) is 1.50. The van der Waals surface area contributed by atoms with Crippen LogP contribution in [-0.4, -0.2) is 19.5 Å². The summed E-state index contributed by atoms with van der Waals surface area (Å²) in [4.78, 5) is 0. The van der Waals surface area contributed by atoms with Crippen LogP contribution in [0.5, 0.6) is 0 Å². The second-order valence-corrected chi connectivity index (χ2v) is 19.3. The van der Waals surface area contributed by atoms with Crippen molar-refractivity contribution in [1.29, 1.82) is 0 Å². The molecule has 0 saturated carbocycles. The molecule has 0 unspecified atom stereocenters. The molecule has 0 heterocycles. The first-order chi connectivity index (χ1) is 14.9. The summed E-state index contributed by atoms with van der Waals surface area (Å²) in [6.07, 6.45) is 26.4. The fraction of sp³-hybridized carbons (Fsp3) is 0.724. The van der Waals surface area contributed by atoms with E-state index < -0.39 is 5.96 Å². The monoisotopic (exact) mass is 466 g/mol. The molecular weight excluding hydrogens is 415 g/mol. The van der Waals surface area contributed by atoms with Gasteiger partial charge in [-0.2, -0.15) is 0 Å². The smallest absolute Gasteiger partial charge is 0.0622 e. The number of aryl methyl sites for hydroxylation is 1. The number of benzene rings is 1. The molecule has 0 aliphatic rings. The van der Waals surface area contributed by atoms with E-state index in [9.17, 15) is 0 Å². The van der Waals surface area contributed by atoms with Crippen molar-refractivity contribution >= 4 is 17.2 Å². The van der Waals surface area contributed by atoms with E-state index in [2.05, 4.69) is 50.2 Å². The number of hydrogen-bond donors (Lipinski definition) is 0. The normalized spacial score (nSPS) is 13.1. The Hall–Kier alpha value is -0.320. The van der Waals surface area contributed by atoms with Crippen LogP contribution < -0.4 is 0 Å². The van der Waals surface area contributed by atoms with E-state index in [1.54, 1.807) is 0 Å². The molecule has 0 amide bonds. The third-order valence-electron chi connectivity index (χ3n) is 6.69.